The van der Waals surface area contributed by atoms with Gasteiger partial charge in [0.05, 0.1) is 23.4 Å². The molecule has 0 bridgehead atoms. The first-order valence-electron chi connectivity index (χ1n) is 8.04. The third kappa shape index (κ3) is 2.97. The lowest BCUT2D eigenvalue weighted by Gasteiger charge is -2.17. The molecule has 2 aromatic heterocycles. The fourth-order valence-electron chi connectivity index (χ4n) is 2.85. The van der Waals surface area contributed by atoms with Crippen LogP contribution >= 0.6 is 0 Å². The first kappa shape index (κ1) is 16.4. The molecule has 0 atom stereocenters. The van der Waals surface area contributed by atoms with E-state index < -0.39 is 5.60 Å². The summed E-state index contributed by atoms with van der Waals surface area (Å²) in [5, 5.41) is 19.7. The Bertz CT molecular complexity index is 900. The second-order valence-corrected chi connectivity index (χ2v) is 6.67. The average Bonchev–Trinajstić information content (AvgIpc) is 3.09. The minimum Gasteiger partial charge on any atom is -0.389 e. The molecule has 0 aliphatic carbocycles. The Kier molecular flexibility index (Phi) is 4.01. The zero-order valence-corrected chi connectivity index (χ0v) is 14.4. The van der Waals surface area contributed by atoms with E-state index in [1.807, 2.05) is 38.2 Å². The standard InChI is InChI=1S/C18H22N4O2/c1-5-16(23)17-13-7-6-12(14-8-9-19-21(14)4)10-15(13)22(20-17)11-18(2,3)24/h6-10,24H,5,11H2,1-4H3. The van der Waals surface area contributed by atoms with Gasteiger partial charge in [-0.3, -0.25) is 14.2 Å². The summed E-state index contributed by atoms with van der Waals surface area (Å²) in [6, 6.07) is 7.84. The fourth-order valence-corrected chi connectivity index (χ4v) is 2.85. The molecule has 0 saturated carbocycles. The molecule has 0 spiro atoms. The minimum absolute atomic E-state index is 0.00257. The van der Waals surface area contributed by atoms with Crippen molar-refractivity contribution in [2.45, 2.75) is 39.3 Å². The molecule has 0 aliphatic rings. The number of aliphatic hydroxyl groups is 1. The number of rotatable bonds is 5. The maximum absolute atomic E-state index is 12.2. The van der Waals surface area contributed by atoms with E-state index in [0.29, 0.717) is 18.7 Å². The zero-order chi connectivity index (χ0) is 17.5. The van der Waals surface area contributed by atoms with Crippen LogP contribution in [0.2, 0.25) is 0 Å². The lowest BCUT2D eigenvalue weighted by molar-refractivity contribution is 0.0588. The summed E-state index contributed by atoms with van der Waals surface area (Å²) in [6.07, 6.45) is 2.15. The number of carbonyl (C=O) groups excluding carboxylic acids is 1. The summed E-state index contributed by atoms with van der Waals surface area (Å²) in [7, 11) is 1.89. The maximum Gasteiger partial charge on any atom is 0.183 e. The van der Waals surface area contributed by atoms with E-state index in [9.17, 15) is 9.90 Å². The number of hydrogen-bond donors (Lipinski definition) is 1. The molecule has 0 aliphatic heterocycles. The molecule has 0 unspecified atom stereocenters. The van der Waals surface area contributed by atoms with Crippen molar-refractivity contribution in [3.05, 3.63) is 36.2 Å². The van der Waals surface area contributed by atoms with E-state index >= 15 is 0 Å². The van der Waals surface area contributed by atoms with Crippen LogP contribution in [0.25, 0.3) is 22.2 Å². The lowest BCUT2D eigenvalue weighted by atomic mass is 10.1. The van der Waals surface area contributed by atoms with Gasteiger partial charge in [0.2, 0.25) is 0 Å². The van der Waals surface area contributed by atoms with Crippen LogP contribution < -0.4 is 0 Å². The topological polar surface area (TPSA) is 72.9 Å². The number of carbonyl (C=O) groups is 1. The van der Waals surface area contributed by atoms with E-state index in [-0.39, 0.29) is 5.78 Å². The summed E-state index contributed by atoms with van der Waals surface area (Å²) in [4.78, 5) is 12.2. The van der Waals surface area contributed by atoms with Crippen molar-refractivity contribution >= 4 is 16.7 Å². The second-order valence-electron chi connectivity index (χ2n) is 6.67. The summed E-state index contributed by atoms with van der Waals surface area (Å²) in [5.41, 5.74) is 2.36. The molecule has 3 aromatic rings. The van der Waals surface area contributed by atoms with Gasteiger partial charge in [-0.1, -0.05) is 13.0 Å². The van der Waals surface area contributed by atoms with Gasteiger partial charge in [-0.25, -0.2) is 0 Å². The molecule has 1 aromatic carbocycles. The number of fused-ring (bicyclic) bond motifs is 1. The Hall–Kier alpha value is -2.47. The summed E-state index contributed by atoms with van der Waals surface area (Å²) in [6.45, 7) is 5.60. The Morgan fingerprint density at radius 3 is 2.62 bits per heavy atom. The molecule has 0 radical (unpaired) electrons. The van der Waals surface area contributed by atoms with Gasteiger partial charge >= 0.3 is 0 Å². The molecule has 1 N–H and O–H groups in total. The van der Waals surface area contributed by atoms with Crippen LogP contribution in [0.5, 0.6) is 0 Å². The molecular weight excluding hydrogens is 304 g/mol. The van der Waals surface area contributed by atoms with E-state index in [1.165, 1.54) is 0 Å². The number of nitrogens with zero attached hydrogens (tertiary/aromatic N) is 4. The van der Waals surface area contributed by atoms with Crippen LogP contribution in [-0.2, 0) is 13.6 Å². The van der Waals surface area contributed by atoms with E-state index in [1.54, 1.807) is 29.4 Å². The van der Waals surface area contributed by atoms with Crippen molar-refractivity contribution in [2.75, 3.05) is 0 Å². The van der Waals surface area contributed by atoms with Crippen molar-refractivity contribution in [3.8, 4) is 11.3 Å². The molecule has 126 valence electrons. The SMILES string of the molecule is CCC(=O)c1nn(CC(C)(C)O)c2cc(-c3ccnn3C)ccc12. The third-order valence-electron chi connectivity index (χ3n) is 3.99. The van der Waals surface area contributed by atoms with Gasteiger partial charge in [0.1, 0.15) is 5.69 Å². The first-order valence-corrected chi connectivity index (χ1v) is 8.04. The summed E-state index contributed by atoms with van der Waals surface area (Å²) in [5.74, 6) is 0.00257. The van der Waals surface area contributed by atoms with Gasteiger partial charge in [0.25, 0.3) is 0 Å². The largest absolute Gasteiger partial charge is 0.389 e. The van der Waals surface area contributed by atoms with Crippen molar-refractivity contribution in [2.24, 2.45) is 7.05 Å². The van der Waals surface area contributed by atoms with Gasteiger partial charge in [-0.15, -0.1) is 0 Å². The van der Waals surface area contributed by atoms with Crippen LogP contribution in [0.15, 0.2) is 30.5 Å². The highest BCUT2D eigenvalue weighted by atomic mass is 16.3. The van der Waals surface area contributed by atoms with E-state index in [0.717, 1.165) is 22.2 Å². The number of aromatic nitrogens is 4. The van der Waals surface area contributed by atoms with Crippen molar-refractivity contribution < 1.29 is 9.90 Å². The third-order valence-corrected chi connectivity index (χ3v) is 3.99. The van der Waals surface area contributed by atoms with E-state index in [2.05, 4.69) is 10.2 Å². The Balaban J connectivity index is 2.21. The lowest BCUT2D eigenvalue weighted by Crippen LogP contribution is -2.26. The monoisotopic (exact) mass is 326 g/mol. The second kappa shape index (κ2) is 5.87. The number of hydrogen-bond acceptors (Lipinski definition) is 4. The van der Waals surface area contributed by atoms with Gasteiger partial charge < -0.3 is 5.11 Å². The van der Waals surface area contributed by atoms with E-state index in [4.69, 9.17) is 0 Å². The molecule has 0 saturated heterocycles. The van der Waals surface area contributed by atoms with Gasteiger partial charge in [0.15, 0.2) is 5.78 Å². The quantitative estimate of drug-likeness (QED) is 0.732. The Labute approximate surface area is 140 Å². The molecular formula is C18H22N4O2. The Morgan fingerprint density at radius 1 is 1.29 bits per heavy atom. The van der Waals surface area contributed by atoms with Crippen molar-refractivity contribution in [1.82, 2.24) is 19.6 Å². The van der Waals surface area contributed by atoms with Crippen molar-refractivity contribution in [1.29, 1.82) is 0 Å². The predicted molar refractivity (Wildman–Crippen MR) is 92.9 cm³/mol. The summed E-state index contributed by atoms with van der Waals surface area (Å²) < 4.78 is 3.52. The van der Waals surface area contributed by atoms with Gasteiger partial charge in [-0.05, 0) is 32.0 Å². The van der Waals surface area contributed by atoms with Gasteiger partial charge in [0, 0.05) is 30.6 Å². The number of Topliss-reactive ketones (excluding diaryl/α,β-unsaturated/α-hetero) is 1. The van der Waals surface area contributed by atoms with Crippen LogP contribution in [0.4, 0.5) is 0 Å². The molecule has 3 rings (SSSR count). The molecule has 0 amide bonds. The number of ketones is 1. The molecule has 6 nitrogen and oxygen atoms in total. The molecule has 0 fully saturated rings. The number of aryl methyl sites for hydroxylation is 1. The molecule has 2 heterocycles. The summed E-state index contributed by atoms with van der Waals surface area (Å²) >= 11 is 0. The predicted octanol–water partition coefficient (Wildman–Crippen LogP) is 2.80. The maximum atomic E-state index is 12.2. The normalized spacial score (nSPS) is 12.0. The molecule has 24 heavy (non-hydrogen) atoms. The average molecular weight is 326 g/mol. The highest BCUT2D eigenvalue weighted by Crippen LogP contribution is 2.27. The molecule has 6 heteroatoms. The van der Waals surface area contributed by atoms with Crippen LogP contribution in [0.1, 0.15) is 37.7 Å². The first-order chi connectivity index (χ1) is 11.3. The fraction of sp³-hybridized carbons (Fsp3) is 0.389. The smallest absolute Gasteiger partial charge is 0.183 e. The highest BCUT2D eigenvalue weighted by molar-refractivity contribution is 6.06. The van der Waals surface area contributed by atoms with Crippen LogP contribution in [0.3, 0.4) is 0 Å². The van der Waals surface area contributed by atoms with Crippen LogP contribution in [0, 0.1) is 0 Å². The van der Waals surface area contributed by atoms with Gasteiger partial charge in [-0.2, -0.15) is 10.2 Å². The Morgan fingerprint density at radius 2 is 2.04 bits per heavy atom. The number of benzene rings is 1. The van der Waals surface area contributed by atoms with Crippen LogP contribution in [-0.4, -0.2) is 36.1 Å². The minimum atomic E-state index is -0.923. The van der Waals surface area contributed by atoms with Crippen molar-refractivity contribution in [3.63, 3.8) is 0 Å². The zero-order valence-electron chi connectivity index (χ0n) is 14.4. The highest BCUT2D eigenvalue weighted by Gasteiger charge is 2.21.